The van der Waals surface area contributed by atoms with E-state index in [-0.39, 0.29) is 0 Å². The van der Waals surface area contributed by atoms with E-state index in [1.165, 1.54) is 0 Å². The van der Waals surface area contributed by atoms with Crippen LogP contribution in [0.2, 0.25) is 0 Å². The van der Waals surface area contributed by atoms with E-state index in [0.29, 0.717) is 11.8 Å². The molecule has 1 aliphatic heterocycles. The largest absolute Gasteiger partial charge is 0.304 e. The third-order valence-corrected chi connectivity index (χ3v) is 5.81. The summed E-state index contributed by atoms with van der Waals surface area (Å²) < 4.78 is 53.6. The normalized spacial score (nSPS) is 16.6. The van der Waals surface area contributed by atoms with Crippen molar-refractivity contribution < 1.29 is 17.2 Å². The van der Waals surface area contributed by atoms with E-state index < -0.39 is 26.6 Å². The molecule has 0 aliphatic carbocycles. The molecule has 2 aromatic carbocycles. The Morgan fingerprint density at radius 2 is 1.65 bits per heavy atom. The van der Waals surface area contributed by atoms with Gasteiger partial charge in [-0.15, -0.1) is 0 Å². The number of halogens is 2. The van der Waals surface area contributed by atoms with E-state index in [1.54, 1.807) is 12.1 Å². The molecule has 1 fully saturated rings. The van der Waals surface area contributed by atoms with Crippen LogP contribution in [0, 0.1) is 11.6 Å². The standard InChI is InChI=1S/C18H21F2N3O2S/c1-22-8-10-23(11-9-22)13-14-2-5-16(6-3-14)21-26(24,25)18-7-4-15(19)12-17(18)20/h2-7,12,21H,8-11,13H2,1H3. The predicted molar refractivity (Wildman–Crippen MR) is 96.4 cm³/mol. The number of hydrogen-bond acceptors (Lipinski definition) is 4. The van der Waals surface area contributed by atoms with Crippen LogP contribution >= 0.6 is 0 Å². The van der Waals surface area contributed by atoms with Crippen LogP contribution in [0.4, 0.5) is 14.5 Å². The molecule has 1 aliphatic rings. The number of benzene rings is 2. The highest BCUT2D eigenvalue weighted by molar-refractivity contribution is 7.92. The van der Waals surface area contributed by atoms with Gasteiger partial charge in [0.1, 0.15) is 16.5 Å². The molecule has 1 heterocycles. The van der Waals surface area contributed by atoms with Gasteiger partial charge in [-0.2, -0.15) is 0 Å². The van der Waals surface area contributed by atoms with Crippen LogP contribution in [0.1, 0.15) is 5.56 Å². The SMILES string of the molecule is CN1CCN(Cc2ccc(NS(=O)(=O)c3ccc(F)cc3F)cc2)CC1. The van der Waals surface area contributed by atoms with E-state index in [4.69, 9.17) is 0 Å². The number of anilines is 1. The van der Waals surface area contributed by atoms with Crippen LogP contribution in [-0.2, 0) is 16.6 Å². The highest BCUT2D eigenvalue weighted by atomic mass is 32.2. The highest BCUT2D eigenvalue weighted by Crippen LogP contribution is 2.20. The summed E-state index contributed by atoms with van der Waals surface area (Å²) in [5, 5.41) is 0. The Balaban J connectivity index is 1.67. The first-order valence-electron chi connectivity index (χ1n) is 8.31. The summed E-state index contributed by atoms with van der Waals surface area (Å²) in [4.78, 5) is 4.04. The molecule has 1 N–H and O–H groups in total. The maximum absolute atomic E-state index is 13.7. The minimum Gasteiger partial charge on any atom is -0.304 e. The summed E-state index contributed by atoms with van der Waals surface area (Å²) in [6.45, 7) is 4.85. The molecule has 8 heteroatoms. The topological polar surface area (TPSA) is 52.6 Å². The molecule has 0 saturated carbocycles. The van der Waals surface area contributed by atoms with E-state index in [2.05, 4.69) is 21.6 Å². The zero-order valence-electron chi connectivity index (χ0n) is 14.5. The molecule has 5 nitrogen and oxygen atoms in total. The maximum Gasteiger partial charge on any atom is 0.264 e. The van der Waals surface area contributed by atoms with Crippen LogP contribution in [0.15, 0.2) is 47.4 Å². The first kappa shape index (κ1) is 18.8. The lowest BCUT2D eigenvalue weighted by molar-refractivity contribution is 0.148. The van der Waals surface area contributed by atoms with E-state index in [0.717, 1.165) is 50.4 Å². The number of likely N-dealkylation sites (N-methyl/N-ethyl adjacent to an activating group) is 1. The molecule has 1 saturated heterocycles. The predicted octanol–water partition coefficient (Wildman–Crippen LogP) is 2.51. The zero-order valence-corrected chi connectivity index (χ0v) is 15.3. The second-order valence-electron chi connectivity index (χ2n) is 6.46. The maximum atomic E-state index is 13.7. The third-order valence-electron chi connectivity index (χ3n) is 4.39. The first-order chi connectivity index (χ1) is 12.3. The fourth-order valence-electron chi connectivity index (χ4n) is 2.85. The van der Waals surface area contributed by atoms with Crippen LogP contribution < -0.4 is 4.72 Å². The summed E-state index contributed by atoms with van der Waals surface area (Å²) in [6, 6.07) is 9.35. The molecule has 140 valence electrons. The Kier molecular flexibility index (Phi) is 5.55. The number of nitrogens with zero attached hydrogens (tertiary/aromatic N) is 2. The summed E-state index contributed by atoms with van der Waals surface area (Å²) in [7, 11) is -2.02. The second kappa shape index (κ2) is 7.69. The van der Waals surface area contributed by atoms with E-state index in [9.17, 15) is 17.2 Å². The molecule has 3 rings (SSSR count). The molecule has 0 amide bonds. The minimum absolute atomic E-state index is 0.329. The Hall–Kier alpha value is -2.03. The molecular formula is C18H21F2N3O2S. The van der Waals surface area contributed by atoms with Crippen molar-refractivity contribution in [2.24, 2.45) is 0 Å². The van der Waals surface area contributed by atoms with Gasteiger partial charge in [-0.1, -0.05) is 12.1 Å². The monoisotopic (exact) mass is 381 g/mol. The Morgan fingerprint density at radius 3 is 2.27 bits per heavy atom. The molecule has 0 aromatic heterocycles. The zero-order chi connectivity index (χ0) is 18.7. The average molecular weight is 381 g/mol. The lowest BCUT2D eigenvalue weighted by Crippen LogP contribution is -2.43. The third kappa shape index (κ3) is 4.57. The average Bonchev–Trinajstić information content (AvgIpc) is 2.58. The van der Waals surface area contributed by atoms with Crippen molar-refractivity contribution in [1.29, 1.82) is 0 Å². The molecule has 0 bridgehead atoms. The summed E-state index contributed by atoms with van der Waals surface area (Å²) in [5.41, 5.74) is 1.40. The molecule has 0 radical (unpaired) electrons. The van der Waals surface area contributed by atoms with Gasteiger partial charge in [0.25, 0.3) is 10.0 Å². The number of nitrogens with one attached hydrogen (secondary N) is 1. The van der Waals surface area contributed by atoms with Crippen LogP contribution in [0.25, 0.3) is 0 Å². The van der Waals surface area contributed by atoms with Gasteiger partial charge in [-0.25, -0.2) is 17.2 Å². The Labute approximate surface area is 152 Å². The molecule has 0 unspecified atom stereocenters. The van der Waals surface area contributed by atoms with Crippen molar-refractivity contribution in [1.82, 2.24) is 9.80 Å². The van der Waals surface area contributed by atoms with Crippen molar-refractivity contribution in [2.45, 2.75) is 11.4 Å². The van der Waals surface area contributed by atoms with E-state index >= 15 is 0 Å². The number of rotatable bonds is 5. The Bertz CT molecular complexity index is 865. The van der Waals surface area contributed by atoms with Crippen LogP contribution in [0.5, 0.6) is 0 Å². The first-order valence-corrected chi connectivity index (χ1v) is 9.79. The second-order valence-corrected chi connectivity index (χ2v) is 8.11. The summed E-state index contributed by atoms with van der Waals surface area (Å²) in [5.74, 6) is -1.95. The van der Waals surface area contributed by atoms with Gasteiger partial charge in [0, 0.05) is 44.5 Å². The summed E-state index contributed by atoms with van der Waals surface area (Å²) >= 11 is 0. The van der Waals surface area contributed by atoms with Gasteiger partial charge in [0.05, 0.1) is 0 Å². The fraction of sp³-hybridized carbons (Fsp3) is 0.333. The molecule has 26 heavy (non-hydrogen) atoms. The minimum atomic E-state index is -4.11. The van der Waals surface area contributed by atoms with Crippen molar-refractivity contribution >= 4 is 15.7 Å². The molecule has 0 spiro atoms. The van der Waals surface area contributed by atoms with Crippen molar-refractivity contribution in [2.75, 3.05) is 37.9 Å². The smallest absolute Gasteiger partial charge is 0.264 e. The molecular weight excluding hydrogens is 360 g/mol. The fourth-order valence-corrected chi connectivity index (χ4v) is 3.96. The number of sulfonamides is 1. The number of hydrogen-bond donors (Lipinski definition) is 1. The van der Waals surface area contributed by atoms with Gasteiger partial charge in [0.15, 0.2) is 0 Å². The van der Waals surface area contributed by atoms with Gasteiger partial charge < -0.3 is 4.90 Å². The van der Waals surface area contributed by atoms with Crippen molar-refractivity contribution in [3.05, 3.63) is 59.7 Å². The van der Waals surface area contributed by atoms with Crippen molar-refractivity contribution in [3.63, 3.8) is 0 Å². The highest BCUT2D eigenvalue weighted by Gasteiger charge is 2.20. The van der Waals surface area contributed by atoms with Gasteiger partial charge in [-0.05, 0) is 36.9 Å². The lowest BCUT2D eigenvalue weighted by atomic mass is 10.2. The molecule has 2 aromatic rings. The quantitative estimate of drug-likeness (QED) is 0.865. The Morgan fingerprint density at radius 1 is 1.00 bits per heavy atom. The van der Waals surface area contributed by atoms with Gasteiger partial charge in [-0.3, -0.25) is 9.62 Å². The number of piperazine rings is 1. The van der Waals surface area contributed by atoms with Crippen molar-refractivity contribution in [3.8, 4) is 0 Å². The lowest BCUT2D eigenvalue weighted by Gasteiger charge is -2.32. The van der Waals surface area contributed by atoms with E-state index in [1.807, 2.05) is 12.1 Å². The summed E-state index contributed by atoms with van der Waals surface area (Å²) in [6.07, 6.45) is 0. The van der Waals surface area contributed by atoms with Gasteiger partial charge in [0.2, 0.25) is 0 Å². The van der Waals surface area contributed by atoms with Crippen LogP contribution in [0.3, 0.4) is 0 Å². The molecule has 0 atom stereocenters. The van der Waals surface area contributed by atoms with Gasteiger partial charge >= 0.3 is 0 Å². The van der Waals surface area contributed by atoms with Crippen LogP contribution in [-0.4, -0.2) is 51.4 Å².